The number of ketones is 1. The van der Waals surface area contributed by atoms with Crippen molar-refractivity contribution in [2.45, 2.75) is 19.3 Å². The van der Waals surface area contributed by atoms with Crippen molar-refractivity contribution >= 4 is 11.5 Å². The minimum atomic E-state index is 0.149. The highest BCUT2D eigenvalue weighted by Crippen LogP contribution is 2.39. The third kappa shape index (κ3) is 1.44. The predicted octanol–water partition coefficient (Wildman–Crippen LogP) is 3.35. The van der Waals surface area contributed by atoms with Gasteiger partial charge in [-0.2, -0.15) is 0 Å². The third-order valence-corrected chi connectivity index (χ3v) is 3.44. The van der Waals surface area contributed by atoms with Crippen LogP contribution in [0.1, 0.15) is 35.2 Å². The Labute approximate surface area is 101 Å². The van der Waals surface area contributed by atoms with E-state index in [0.717, 1.165) is 47.3 Å². The number of rotatable bonds is 1. The Morgan fingerprint density at radius 3 is 2.71 bits per heavy atom. The van der Waals surface area contributed by atoms with Gasteiger partial charge in [0.05, 0.1) is 7.11 Å². The Balaban J connectivity index is 2.30. The molecule has 2 aliphatic rings. The van der Waals surface area contributed by atoms with Gasteiger partial charge in [-0.15, -0.1) is 0 Å². The largest absolute Gasteiger partial charge is 0.496 e. The molecule has 86 valence electrons. The number of hydrogen-bond donors (Lipinski definition) is 0. The number of carbonyl (C=O) groups is 1. The molecule has 1 aromatic carbocycles. The molecule has 0 spiro atoms. The second-order valence-corrected chi connectivity index (χ2v) is 4.40. The molecule has 17 heavy (non-hydrogen) atoms. The van der Waals surface area contributed by atoms with Crippen molar-refractivity contribution in [2.75, 3.05) is 7.11 Å². The second-order valence-electron chi connectivity index (χ2n) is 4.40. The summed E-state index contributed by atoms with van der Waals surface area (Å²) in [5.41, 5.74) is 3.64. The standard InChI is InChI=1S/C15H14O2/c1-17-15-12-8-4-2-6-10(12)14(16)11-7-3-5-9-13(11)15/h2,4,6-8H,3,5,9H2,1H3. The van der Waals surface area contributed by atoms with Crippen LogP contribution in [0, 0.1) is 0 Å². The van der Waals surface area contributed by atoms with Crippen LogP contribution in [0.15, 0.2) is 41.5 Å². The van der Waals surface area contributed by atoms with Gasteiger partial charge in [0.25, 0.3) is 0 Å². The number of hydrogen-bond acceptors (Lipinski definition) is 2. The Hall–Kier alpha value is -1.83. The first-order valence-electron chi connectivity index (χ1n) is 5.94. The van der Waals surface area contributed by atoms with Gasteiger partial charge in [-0.3, -0.25) is 4.79 Å². The van der Waals surface area contributed by atoms with Crippen LogP contribution >= 0.6 is 0 Å². The molecule has 2 nitrogen and oxygen atoms in total. The van der Waals surface area contributed by atoms with Gasteiger partial charge >= 0.3 is 0 Å². The lowest BCUT2D eigenvalue weighted by Gasteiger charge is -2.26. The molecule has 2 aliphatic carbocycles. The van der Waals surface area contributed by atoms with E-state index in [2.05, 4.69) is 6.08 Å². The normalized spacial score (nSPS) is 18.4. The maximum absolute atomic E-state index is 12.4. The average molecular weight is 226 g/mol. The molecule has 0 amide bonds. The summed E-state index contributed by atoms with van der Waals surface area (Å²) in [5, 5.41) is 0. The molecule has 0 N–H and O–H groups in total. The van der Waals surface area contributed by atoms with Gasteiger partial charge in [-0.25, -0.2) is 0 Å². The van der Waals surface area contributed by atoms with Gasteiger partial charge in [0, 0.05) is 22.3 Å². The highest BCUT2D eigenvalue weighted by Gasteiger charge is 2.30. The number of carbonyl (C=O) groups excluding carboxylic acids is 1. The molecule has 0 aromatic heterocycles. The summed E-state index contributed by atoms with van der Waals surface area (Å²) in [6.07, 6.45) is 5.08. The van der Waals surface area contributed by atoms with Crippen LogP contribution in [-0.4, -0.2) is 12.9 Å². The molecule has 0 aliphatic heterocycles. The zero-order valence-electron chi connectivity index (χ0n) is 9.82. The first-order valence-corrected chi connectivity index (χ1v) is 5.94. The summed E-state index contributed by atoms with van der Waals surface area (Å²) in [4.78, 5) is 12.4. The van der Waals surface area contributed by atoms with E-state index in [1.165, 1.54) is 0 Å². The molecule has 0 atom stereocenters. The third-order valence-electron chi connectivity index (χ3n) is 3.44. The maximum Gasteiger partial charge on any atom is 0.193 e. The molecule has 0 unspecified atom stereocenters. The topological polar surface area (TPSA) is 26.3 Å². The fourth-order valence-corrected chi connectivity index (χ4v) is 2.67. The van der Waals surface area contributed by atoms with Crippen LogP contribution in [-0.2, 0) is 4.74 Å². The zero-order chi connectivity index (χ0) is 11.8. The van der Waals surface area contributed by atoms with Gasteiger partial charge in [-0.05, 0) is 19.3 Å². The van der Waals surface area contributed by atoms with E-state index in [-0.39, 0.29) is 5.78 Å². The molecular formula is C15H14O2. The highest BCUT2D eigenvalue weighted by atomic mass is 16.5. The number of Topliss-reactive ketones (excluding diaryl/α,β-unsaturated/α-hetero) is 1. The summed E-state index contributed by atoms with van der Waals surface area (Å²) in [7, 11) is 1.68. The van der Waals surface area contributed by atoms with Crippen LogP contribution in [0.25, 0.3) is 5.76 Å². The van der Waals surface area contributed by atoms with Gasteiger partial charge < -0.3 is 4.74 Å². The lowest BCUT2D eigenvalue weighted by atomic mass is 9.80. The van der Waals surface area contributed by atoms with Crippen LogP contribution < -0.4 is 0 Å². The van der Waals surface area contributed by atoms with Crippen molar-refractivity contribution in [1.82, 2.24) is 0 Å². The fourth-order valence-electron chi connectivity index (χ4n) is 2.67. The van der Waals surface area contributed by atoms with Crippen molar-refractivity contribution in [2.24, 2.45) is 0 Å². The number of ether oxygens (including phenoxy) is 1. The highest BCUT2D eigenvalue weighted by molar-refractivity contribution is 6.17. The molecule has 2 heteroatoms. The van der Waals surface area contributed by atoms with E-state index < -0.39 is 0 Å². The Morgan fingerprint density at radius 1 is 1.18 bits per heavy atom. The molecule has 1 aromatic rings. The van der Waals surface area contributed by atoms with Crippen molar-refractivity contribution in [3.05, 3.63) is 52.6 Å². The molecule has 0 fully saturated rings. The average Bonchev–Trinajstić information content (AvgIpc) is 2.40. The Morgan fingerprint density at radius 2 is 1.94 bits per heavy atom. The van der Waals surface area contributed by atoms with E-state index in [0.29, 0.717) is 0 Å². The van der Waals surface area contributed by atoms with Crippen molar-refractivity contribution < 1.29 is 9.53 Å². The van der Waals surface area contributed by atoms with Gasteiger partial charge in [0.2, 0.25) is 0 Å². The van der Waals surface area contributed by atoms with E-state index in [4.69, 9.17) is 4.74 Å². The fraction of sp³-hybridized carbons (Fsp3) is 0.267. The molecule has 0 radical (unpaired) electrons. The summed E-state index contributed by atoms with van der Waals surface area (Å²) >= 11 is 0. The first-order chi connectivity index (χ1) is 8.33. The quantitative estimate of drug-likeness (QED) is 0.734. The monoisotopic (exact) mass is 226 g/mol. The van der Waals surface area contributed by atoms with Crippen molar-refractivity contribution in [1.29, 1.82) is 0 Å². The SMILES string of the molecule is COC1=C2CCCC=C2C(=O)c2ccccc21. The summed E-state index contributed by atoms with van der Waals surface area (Å²) in [6, 6.07) is 7.69. The predicted molar refractivity (Wildman–Crippen MR) is 66.6 cm³/mol. The van der Waals surface area contributed by atoms with Crippen molar-refractivity contribution in [3.8, 4) is 0 Å². The summed E-state index contributed by atoms with van der Waals surface area (Å²) in [6.45, 7) is 0. The molecule has 0 saturated carbocycles. The molecular weight excluding hydrogens is 212 g/mol. The van der Waals surface area contributed by atoms with Crippen LogP contribution in [0.2, 0.25) is 0 Å². The molecule has 0 heterocycles. The number of methoxy groups -OCH3 is 1. The van der Waals surface area contributed by atoms with E-state index >= 15 is 0 Å². The Bertz CT molecular complexity index is 550. The number of allylic oxidation sites excluding steroid dienone is 3. The summed E-state index contributed by atoms with van der Waals surface area (Å²) < 4.78 is 5.52. The van der Waals surface area contributed by atoms with Gasteiger partial charge in [-0.1, -0.05) is 30.3 Å². The van der Waals surface area contributed by atoms with Crippen LogP contribution in [0.3, 0.4) is 0 Å². The number of fused-ring (bicyclic) bond motifs is 2. The minimum Gasteiger partial charge on any atom is -0.496 e. The summed E-state index contributed by atoms with van der Waals surface area (Å²) in [5.74, 6) is 1.03. The second kappa shape index (κ2) is 3.88. The van der Waals surface area contributed by atoms with Crippen LogP contribution in [0.5, 0.6) is 0 Å². The van der Waals surface area contributed by atoms with Crippen LogP contribution in [0.4, 0.5) is 0 Å². The minimum absolute atomic E-state index is 0.149. The van der Waals surface area contributed by atoms with Gasteiger partial charge in [0.15, 0.2) is 5.78 Å². The van der Waals surface area contributed by atoms with E-state index in [1.807, 2.05) is 24.3 Å². The van der Waals surface area contributed by atoms with Crippen molar-refractivity contribution in [3.63, 3.8) is 0 Å². The zero-order valence-corrected chi connectivity index (χ0v) is 9.82. The lowest BCUT2D eigenvalue weighted by molar-refractivity contribution is 0.103. The van der Waals surface area contributed by atoms with E-state index in [1.54, 1.807) is 7.11 Å². The molecule has 3 rings (SSSR count). The van der Waals surface area contributed by atoms with Gasteiger partial charge in [0.1, 0.15) is 5.76 Å². The lowest BCUT2D eigenvalue weighted by Crippen LogP contribution is -2.18. The first kappa shape index (κ1) is 10.3. The number of benzene rings is 1. The molecule has 0 saturated heterocycles. The van der Waals surface area contributed by atoms with E-state index in [9.17, 15) is 4.79 Å². The Kier molecular flexibility index (Phi) is 2.36. The maximum atomic E-state index is 12.4. The molecule has 0 bridgehead atoms. The smallest absolute Gasteiger partial charge is 0.193 e.